The lowest BCUT2D eigenvalue weighted by atomic mass is 9.93. The van der Waals surface area contributed by atoms with E-state index in [1.807, 2.05) is 6.92 Å². The number of carbonyl (C=O) groups is 1. The zero-order valence-corrected chi connectivity index (χ0v) is 12.7. The van der Waals surface area contributed by atoms with Gasteiger partial charge in [-0.3, -0.25) is 10.1 Å². The summed E-state index contributed by atoms with van der Waals surface area (Å²) >= 11 is 0. The van der Waals surface area contributed by atoms with Crippen molar-refractivity contribution >= 4 is 5.91 Å². The van der Waals surface area contributed by atoms with E-state index in [4.69, 9.17) is 0 Å². The molecule has 1 aliphatic heterocycles. The number of amides is 1. The first-order valence-corrected chi connectivity index (χ1v) is 7.49. The number of hydrogen-bond donors (Lipinski definition) is 1. The Bertz CT molecular complexity index is 517. The maximum absolute atomic E-state index is 14.0. The lowest BCUT2D eigenvalue weighted by Gasteiger charge is -2.35. The number of nitrogens with one attached hydrogen (secondary N) is 1. The van der Waals surface area contributed by atoms with Crippen molar-refractivity contribution in [2.75, 3.05) is 6.54 Å². The average Bonchev–Trinajstić information content (AvgIpc) is 2.81. The predicted molar refractivity (Wildman–Crippen MR) is 77.5 cm³/mol. The molecule has 0 spiro atoms. The molecule has 116 valence electrons. The van der Waals surface area contributed by atoms with E-state index in [-0.39, 0.29) is 18.5 Å². The lowest BCUT2D eigenvalue weighted by molar-refractivity contribution is -0.131. The van der Waals surface area contributed by atoms with E-state index < -0.39 is 17.8 Å². The summed E-state index contributed by atoms with van der Waals surface area (Å²) in [4.78, 5) is 13.9. The second kappa shape index (κ2) is 6.52. The monoisotopic (exact) mass is 296 g/mol. The molecule has 2 rings (SSSR count). The Hall–Kier alpha value is -1.49. The zero-order valence-electron chi connectivity index (χ0n) is 12.7. The van der Waals surface area contributed by atoms with Crippen LogP contribution < -0.4 is 5.32 Å². The van der Waals surface area contributed by atoms with Crippen molar-refractivity contribution in [1.29, 1.82) is 0 Å². The van der Waals surface area contributed by atoms with Crippen LogP contribution in [0.5, 0.6) is 0 Å². The Balaban J connectivity index is 2.32. The second-order valence-electron chi connectivity index (χ2n) is 5.57. The molecule has 1 aliphatic rings. The van der Waals surface area contributed by atoms with Crippen LogP contribution in [0.15, 0.2) is 18.2 Å². The maximum atomic E-state index is 14.0. The summed E-state index contributed by atoms with van der Waals surface area (Å²) in [6, 6.07) is 3.51. The molecule has 0 radical (unpaired) electrons. The summed E-state index contributed by atoms with van der Waals surface area (Å²) in [6.07, 6.45) is 1.40. The van der Waals surface area contributed by atoms with E-state index in [1.54, 1.807) is 4.90 Å². The topological polar surface area (TPSA) is 32.3 Å². The number of carbonyl (C=O) groups excluding carboxylic acids is 1. The number of benzene rings is 1. The molecule has 0 aromatic heterocycles. The first kappa shape index (κ1) is 15.9. The highest BCUT2D eigenvalue weighted by atomic mass is 19.1. The average molecular weight is 296 g/mol. The number of rotatable bonds is 5. The predicted octanol–water partition coefficient (Wildman–Crippen LogP) is 3.22. The molecule has 2 unspecified atom stereocenters. The standard InChI is InChI=1S/C16H22F2N2O/c1-4-11(5-2)10(3)20-15(21)9-19-16(20)13-7-6-12(17)8-14(13)18/h6-8,10-11,16,19H,4-5,9H2,1-3H3. The van der Waals surface area contributed by atoms with Crippen LogP contribution in [0.1, 0.15) is 45.3 Å². The first-order chi connectivity index (χ1) is 9.99. The largest absolute Gasteiger partial charge is 0.319 e. The minimum absolute atomic E-state index is 0.0111. The van der Waals surface area contributed by atoms with Gasteiger partial charge in [-0.1, -0.05) is 26.7 Å². The third-order valence-corrected chi connectivity index (χ3v) is 4.44. The molecular weight excluding hydrogens is 274 g/mol. The summed E-state index contributed by atoms with van der Waals surface area (Å²) in [5, 5.41) is 3.03. The molecule has 1 saturated heterocycles. The maximum Gasteiger partial charge on any atom is 0.238 e. The fraction of sp³-hybridized carbons (Fsp3) is 0.562. The quantitative estimate of drug-likeness (QED) is 0.905. The van der Waals surface area contributed by atoms with Crippen LogP contribution in [0.2, 0.25) is 0 Å². The van der Waals surface area contributed by atoms with E-state index in [0.717, 1.165) is 18.9 Å². The molecule has 0 aliphatic carbocycles. The summed E-state index contributed by atoms with van der Waals surface area (Å²) < 4.78 is 27.1. The van der Waals surface area contributed by atoms with Gasteiger partial charge < -0.3 is 4.90 Å². The third kappa shape index (κ3) is 3.07. The van der Waals surface area contributed by atoms with Crippen molar-refractivity contribution in [3.05, 3.63) is 35.4 Å². The van der Waals surface area contributed by atoms with Crippen LogP contribution in [-0.2, 0) is 4.79 Å². The highest BCUT2D eigenvalue weighted by Crippen LogP contribution is 2.31. The molecular formula is C16H22F2N2O. The minimum atomic E-state index is -0.621. The lowest BCUT2D eigenvalue weighted by Crippen LogP contribution is -2.42. The molecule has 0 saturated carbocycles. The van der Waals surface area contributed by atoms with Gasteiger partial charge in [0.15, 0.2) is 0 Å². The Morgan fingerprint density at radius 2 is 2.00 bits per heavy atom. The SMILES string of the molecule is CCC(CC)C(C)N1C(=O)CNC1c1ccc(F)cc1F. The van der Waals surface area contributed by atoms with Crippen LogP contribution in [0.25, 0.3) is 0 Å². The molecule has 1 amide bonds. The van der Waals surface area contributed by atoms with Crippen molar-refractivity contribution < 1.29 is 13.6 Å². The molecule has 3 nitrogen and oxygen atoms in total. The number of hydrogen-bond acceptors (Lipinski definition) is 2. The van der Waals surface area contributed by atoms with Gasteiger partial charge in [-0.15, -0.1) is 0 Å². The van der Waals surface area contributed by atoms with Crippen molar-refractivity contribution in [3.63, 3.8) is 0 Å². The fourth-order valence-electron chi connectivity index (χ4n) is 3.16. The summed E-state index contributed by atoms with van der Waals surface area (Å²) in [5.41, 5.74) is 0.319. The third-order valence-electron chi connectivity index (χ3n) is 4.44. The van der Waals surface area contributed by atoms with E-state index in [9.17, 15) is 13.6 Å². The first-order valence-electron chi connectivity index (χ1n) is 7.49. The molecule has 1 fully saturated rings. The molecule has 21 heavy (non-hydrogen) atoms. The van der Waals surface area contributed by atoms with Gasteiger partial charge in [0.2, 0.25) is 5.91 Å². The van der Waals surface area contributed by atoms with E-state index in [2.05, 4.69) is 19.2 Å². The van der Waals surface area contributed by atoms with E-state index >= 15 is 0 Å². The van der Waals surface area contributed by atoms with Crippen LogP contribution in [0.4, 0.5) is 8.78 Å². The molecule has 1 N–H and O–H groups in total. The van der Waals surface area contributed by atoms with Crippen molar-refractivity contribution in [3.8, 4) is 0 Å². The Labute approximate surface area is 124 Å². The number of halogens is 2. The van der Waals surface area contributed by atoms with Gasteiger partial charge in [-0.05, 0) is 25.0 Å². The van der Waals surface area contributed by atoms with Gasteiger partial charge in [0.1, 0.15) is 17.8 Å². The molecule has 1 aromatic carbocycles. The second-order valence-corrected chi connectivity index (χ2v) is 5.57. The van der Waals surface area contributed by atoms with Gasteiger partial charge in [-0.25, -0.2) is 8.78 Å². The van der Waals surface area contributed by atoms with E-state index in [1.165, 1.54) is 12.1 Å². The smallest absolute Gasteiger partial charge is 0.238 e. The Morgan fingerprint density at radius 3 is 2.57 bits per heavy atom. The summed E-state index contributed by atoms with van der Waals surface area (Å²) in [7, 11) is 0. The van der Waals surface area contributed by atoms with Crippen LogP contribution in [0.3, 0.4) is 0 Å². The molecule has 1 heterocycles. The van der Waals surface area contributed by atoms with Crippen LogP contribution in [-0.4, -0.2) is 23.4 Å². The van der Waals surface area contributed by atoms with Crippen LogP contribution >= 0.6 is 0 Å². The van der Waals surface area contributed by atoms with E-state index in [0.29, 0.717) is 11.5 Å². The van der Waals surface area contributed by atoms with Crippen LogP contribution in [0, 0.1) is 17.6 Å². The number of nitrogens with zero attached hydrogens (tertiary/aromatic N) is 1. The zero-order chi connectivity index (χ0) is 15.6. The Morgan fingerprint density at radius 1 is 1.33 bits per heavy atom. The normalized spacial score (nSPS) is 20.4. The molecule has 5 heteroatoms. The molecule has 0 bridgehead atoms. The molecule has 1 aromatic rings. The minimum Gasteiger partial charge on any atom is -0.319 e. The summed E-state index contributed by atoms with van der Waals surface area (Å²) in [6.45, 7) is 6.36. The van der Waals surface area contributed by atoms with Crippen molar-refractivity contribution in [2.45, 2.75) is 45.8 Å². The highest BCUT2D eigenvalue weighted by molar-refractivity contribution is 5.81. The van der Waals surface area contributed by atoms with Gasteiger partial charge in [0.25, 0.3) is 0 Å². The van der Waals surface area contributed by atoms with Gasteiger partial charge in [0, 0.05) is 17.7 Å². The highest BCUT2D eigenvalue weighted by Gasteiger charge is 2.38. The molecule has 2 atom stereocenters. The van der Waals surface area contributed by atoms with Gasteiger partial charge >= 0.3 is 0 Å². The summed E-state index contributed by atoms with van der Waals surface area (Å²) in [5.74, 6) is -0.910. The van der Waals surface area contributed by atoms with Gasteiger partial charge in [-0.2, -0.15) is 0 Å². The van der Waals surface area contributed by atoms with Crippen molar-refractivity contribution in [2.24, 2.45) is 5.92 Å². The fourth-order valence-corrected chi connectivity index (χ4v) is 3.16. The van der Waals surface area contributed by atoms with Gasteiger partial charge in [0.05, 0.1) is 6.54 Å². The Kier molecular flexibility index (Phi) is 4.93. The van der Waals surface area contributed by atoms with Crippen molar-refractivity contribution in [1.82, 2.24) is 10.2 Å².